The number of carbonyl (C=O) groups is 1. The van der Waals surface area contributed by atoms with Gasteiger partial charge in [-0.1, -0.05) is 23.7 Å². The average molecular weight is 418 g/mol. The second kappa shape index (κ2) is 8.67. The fourth-order valence-corrected chi connectivity index (χ4v) is 3.46. The highest BCUT2D eigenvalue weighted by Crippen LogP contribution is 2.17. The molecule has 4 rings (SSSR count). The molecule has 0 aliphatic carbocycles. The first kappa shape index (κ1) is 19.5. The van der Waals surface area contributed by atoms with E-state index >= 15 is 0 Å². The highest BCUT2D eigenvalue weighted by Gasteiger charge is 2.25. The van der Waals surface area contributed by atoms with Crippen LogP contribution in [0.2, 0.25) is 5.02 Å². The van der Waals surface area contributed by atoms with E-state index in [-0.39, 0.29) is 31.6 Å². The topological polar surface area (TPSA) is 86.8 Å². The van der Waals surface area contributed by atoms with Gasteiger partial charge in [-0.2, -0.15) is 0 Å². The SMILES string of the molecule is O=C(CCn1c(=O)oc2ccccc21)N1CCOC(COc2cncc(Cl)c2)C1. The highest BCUT2D eigenvalue weighted by atomic mass is 35.5. The Hall–Kier alpha value is -2.84. The molecule has 1 aliphatic rings. The third-order valence-electron chi connectivity index (χ3n) is 4.73. The molecular weight excluding hydrogens is 398 g/mol. The molecular formula is C20H20ClN3O5. The molecule has 3 heterocycles. The summed E-state index contributed by atoms with van der Waals surface area (Å²) < 4.78 is 18.1. The number of morpholine rings is 1. The molecule has 29 heavy (non-hydrogen) atoms. The molecule has 0 saturated carbocycles. The third-order valence-corrected chi connectivity index (χ3v) is 4.94. The maximum absolute atomic E-state index is 12.7. The molecule has 1 amide bonds. The van der Waals surface area contributed by atoms with Gasteiger partial charge < -0.3 is 18.8 Å². The summed E-state index contributed by atoms with van der Waals surface area (Å²) in [4.78, 5) is 30.4. The Morgan fingerprint density at radius 1 is 1.31 bits per heavy atom. The Bertz CT molecular complexity index is 1060. The summed E-state index contributed by atoms with van der Waals surface area (Å²) in [6.07, 6.45) is 3.06. The number of carbonyl (C=O) groups excluding carboxylic acids is 1. The zero-order chi connectivity index (χ0) is 20.2. The molecule has 1 fully saturated rings. The zero-order valence-electron chi connectivity index (χ0n) is 15.6. The highest BCUT2D eigenvalue weighted by molar-refractivity contribution is 6.30. The van der Waals surface area contributed by atoms with Gasteiger partial charge in [0.1, 0.15) is 18.5 Å². The van der Waals surface area contributed by atoms with Gasteiger partial charge >= 0.3 is 5.76 Å². The molecule has 1 atom stereocenters. The molecule has 0 spiro atoms. The normalized spacial score (nSPS) is 16.9. The van der Waals surface area contributed by atoms with Crippen LogP contribution in [0.25, 0.3) is 11.1 Å². The van der Waals surface area contributed by atoms with Crippen molar-refractivity contribution in [2.24, 2.45) is 0 Å². The molecule has 152 valence electrons. The number of ether oxygens (including phenoxy) is 2. The van der Waals surface area contributed by atoms with Crippen molar-refractivity contribution in [3.05, 3.63) is 58.3 Å². The monoisotopic (exact) mass is 417 g/mol. The lowest BCUT2D eigenvalue weighted by atomic mass is 10.2. The van der Waals surface area contributed by atoms with Crippen LogP contribution in [0.4, 0.5) is 0 Å². The largest absolute Gasteiger partial charge is 0.489 e. The summed E-state index contributed by atoms with van der Waals surface area (Å²) in [5.74, 6) is 0.0537. The molecule has 1 unspecified atom stereocenters. The van der Waals surface area contributed by atoms with Gasteiger partial charge in [-0.3, -0.25) is 14.3 Å². The second-order valence-electron chi connectivity index (χ2n) is 6.72. The van der Waals surface area contributed by atoms with Gasteiger partial charge in [-0.05, 0) is 12.1 Å². The zero-order valence-corrected chi connectivity index (χ0v) is 16.4. The number of halogens is 1. The molecule has 1 saturated heterocycles. The van der Waals surface area contributed by atoms with Crippen molar-refractivity contribution in [2.45, 2.75) is 19.1 Å². The minimum atomic E-state index is -0.456. The number of pyridine rings is 1. The fraction of sp³-hybridized carbons (Fsp3) is 0.350. The summed E-state index contributed by atoms with van der Waals surface area (Å²) in [5, 5.41) is 0.492. The average Bonchev–Trinajstić information content (AvgIpc) is 3.06. The molecule has 0 radical (unpaired) electrons. The molecule has 3 aromatic rings. The molecule has 2 aromatic heterocycles. The number of oxazole rings is 1. The van der Waals surface area contributed by atoms with Crippen molar-refractivity contribution in [3.8, 4) is 5.75 Å². The van der Waals surface area contributed by atoms with Crippen LogP contribution in [0.15, 0.2) is 51.9 Å². The number of aryl methyl sites for hydroxylation is 1. The number of aromatic nitrogens is 2. The van der Waals surface area contributed by atoms with Crippen molar-refractivity contribution in [1.82, 2.24) is 14.5 Å². The van der Waals surface area contributed by atoms with Crippen LogP contribution >= 0.6 is 11.6 Å². The predicted octanol–water partition coefficient (Wildman–Crippen LogP) is 2.34. The maximum atomic E-state index is 12.7. The van der Waals surface area contributed by atoms with Crippen LogP contribution < -0.4 is 10.5 Å². The summed E-state index contributed by atoms with van der Waals surface area (Å²) in [5.41, 5.74) is 1.21. The van der Waals surface area contributed by atoms with Gasteiger partial charge in [0.05, 0.1) is 29.9 Å². The second-order valence-corrected chi connectivity index (χ2v) is 7.16. The Morgan fingerprint density at radius 3 is 3.03 bits per heavy atom. The lowest BCUT2D eigenvalue weighted by molar-refractivity contribution is -0.140. The van der Waals surface area contributed by atoms with Crippen molar-refractivity contribution in [3.63, 3.8) is 0 Å². The third kappa shape index (κ3) is 4.60. The van der Waals surface area contributed by atoms with Gasteiger partial charge in [0.2, 0.25) is 5.91 Å². The number of nitrogens with zero attached hydrogens (tertiary/aromatic N) is 3. The summed E-state index contributed by atoms with van der Waals surface area (Å²) in [6.45, 7) is 1.92. The van der Waals surface area contributed by atoms with Gasteiger partial charge in [0.15, 0.2) is 5.58 Å². The van der Waals surface area contributed by atoms with E-state index in [1.54, 1.807) is 35.4 Å². The fourth-order valence-electron chi connectivity index (χ4n) is 3.30. The van der Waals surface area contributed by atoms with E-state index in [1.807, 2.05) is 6.07 Å². The number of para-hydroxylation sites is 2. The smallest absolute Gasteiger partial charge is 0.419 e. The van der Waals surface area contributed by atoms with Crippen LogP contribution in [-0.4, -0.2) is 52.8 Å². The first-order valence-electron chi connectivity index (χ1n) is 9.31. The Morgan fingerprint density at radius 2 is 2.17 bits per heavy atom. The summed E-state index contributed by atoms with van der Waals surface area (Å²) in [7, 11) is 0. The minimum Gasteiger partial charge on any atom is -0.489 e. The van der Waals surface area contributed by atoms with Crippen molar-refractivity contribution < 1.29 is 18.7 Å². The van der Waals surface area contributed by atoms with Gasteiger partial charge in [-0.15, -0.1) is 0 Å². The minimum absolute atomic E-state index is 0.0418. The van der Waals surface area contributed by atoms with Crippen LogP contribution in [0, 0.1) is 0 Å². The lowest BCUT2D eigenvalue weighted by Gasteiger charge is -2.33. The Balaban J connectivity index is 1.32. The molecule has 1 aromatic carbocycles. The molecule has 0 bridgehead atoms. The van der Waals surface area contributed by atoms with E-state index in [0.717, 1.165) is 0 Å². The number of amides is 1. The standard InChI is InChI=1S/C20H20ClN3O5/c21-14-9-15(11-22-10-14)28-13-16-12-23(7-8-27-16)19(25)5-6-24-17-3-1-2-4-18(17)29-20(24)26/h1-4,9-11,16H,5-8,12-13H2. The quantitative estimate of drug-likeness (QED) is 0.611. The maximum Gasteiger partial charge on any atom is 0.419 e. The lowest BCUT2D eigenvalue weighted by Crippen LogP contribution is -2.47. The predicted molar refractivity (Wildman–Crippen MR) is 106 cm³/mol. The molecule has 0 N–H and O–H groups in total. The van der Waals surface area contributed by atoms with Crippen molar-refractivity contribution in [1.29, 1.82) is 0 Å². The first-order valence-corrected chi connectivity index (χ1v) is 9.69. The number of benzene rings is 1. The Labute approximate surface area is 171 Å². The van der Waals surface area contributed by atoms with E-state index in [2.05, 4.69) is 4.98 Å². The Kier molecular flexibility index (Phi) is 5.82. The summed E-state index contributed by atoms with van der Waals surface area (Å²) in [6, 6.07) is 8.84. The van der Waals surface area contributed by atoms with E-state index in [0.29, 0.717) is 41.6 Å². The number of hydrogen-bond donors (Lipinski definition) is 0. The van der Waals surface area contributed by atoms with Crippen molar-refractivity contribution >= 4 is 28.6 Å². The van der Waals surface area contributed by atoms with Crippen LogP contribution in [0.3, 0.4) is 0 Å². The van der Waals surface area contributed by atoms with Crippen LogP contribution in [-0.2, 0) is 16.1 Å². The van der Waals surface area contributed by atoms with Gasteiger partial charge in [-0.25, -0.2) is 4.79 Å². The van der Waals surface area contributed by atoms with E-state index < -0.39 is 5.76 Å². The van der Waals surface area contributed by atoms with Gasteiger partial charge in [0, 0.05) is 31.8 Å². The molecule has 8 nitrogen and oxygen atoms in total. The number of rotatable bonds is 6. The van der Waals surface area contributed by atoms with Crippen LogP contribution in [0.5, 0.6) is 5.75 Å². The van der Waals surface area contributed by atoms with E-state index in [4.69, 9.17) is 25.5 Å². The van der Waals surface area contributed by atoms with E-state index in [1.165, 1.54) is 10.8 Å². The molecule has 9 heteroatoms. The van der Waals surface area contributed by atoms with Gasteiger partial charge in [0.25, 0.3) is 0 Å². The number of fused-ring (bicyclic) bond motifs is 1. The summed E-state index contributed by atoms with van der Waals surface area (Å²) >= 11 is 5.90. The van der Waals surface area contributed by atoms with Crippen LogP contribution in [0.1, 0.15) is 6.42 Å². The molecule has 1 aliphatic heterocycles. The van der Waals surface area contributed by atoms with Crippen molar-refractivity contribution in [2.75, 3.05) is 26.3 Å². The number of hydrogen-bond acceptors (Lipinski definition) is 6. The van der Waals surface area contributed by atoms with E-state index in [9.17, 15) is 9.59 Å². The first-order chi connectivity index (χ1) is 14.1.